The highest BCUT2D eigenvalue weighted by Crippen LogP contribution is 2.12. The summed E-state index contributed by atoms with van der Waals surface area (Å²) in [6.07, 6.45) is 2.74. The van der Waals surface area contributed by atoms with Crippen molar-refractivity contribution in [2.75, 3.05) is 13.2 Å². The van der Waals surface area contributed by atoms with E-state index in [-0.39, 0.29) is 0 Å². The predicted octanol–water partition coefficient (Wildman–Crippen LogP) is 1.28. The number of epoxide rings is 1. The van der Waals surface area contributed by atoms with Gasteiger partial charge in [0, 0.05) is 0 Å². The number of ether oxygens (including phenoxy) is 2. The molecule has 0 aliphatic carbocycles. The van der Waals surface area contributed by atoms with Crippen LogP contribution in [0.2, 0.25) is 0 Å². The molecule has 0 bridgehead atoms. The van der Waals surface area contributed by atoms with Crippen LogP contribution in [0.15, 0.2) is 12.0 Å². The predicted molar refractivity (Wildman–Crippen MR) is 30.3 cm³/mol. The van der Waals surface area contributed by atoms with E-state index in [1.807, 2.05) is 0 Å². The minimum atomic E-state index is 0.768. The van der Waals surface area contributed by atoms with Crippen LogP contribution in [0.1, 0.15) is 13.3 Å². The molecule has 46 valence electrons. The first-order chi connectivity index (χ1) is 3.93. The summed E-state index contributed by atoms with van der Waals surface area (Å²) in [4.78, 5) is 0. The molecule has 1 saturated heterocycles. The summed E-state index contributed by atoms with van der Waals surface area (Å²) in [6.45, 7) is 3.64. The molecule has 0 spiro atoms. The molecule has 0 saturated carbocycles. The maximum atomic E-state index is 5.02. The molecule has 1 fully saturated rings. The van der Waals surface area contributed by atoms with E-state index in [1.165, 1.54) is 0 Å². The largest absolute Gasteiger partial charge is 0.498 e. The van der Waals surface area contributed by atoms with Crippen molar-refractivity contribution in [1.82, 2.24) is 0 Å². The minimum absolute atomic E-state index is 0.768. The monoisotopic (exact) mass is 114 g/mol. The van der Waals surface area contributed by atoms with Crippen LogP contribution in [0.4, 0.5) is 0 Å². The van der Waals surface area contributed by atoms with Gasteiger partial charge >= 0.3 is 0 Å². The molecule has 0 aromatic heterocycles. The fourth-order valence-electron chi connectivity index (χ4n) is 0.379. The molecule has 0 aromatic rings. The highest BCUT2D eigenvalue weighted by molar-refractivity contribution is 4.99. The third-order valence-corrected chi connectivity index (χ3v) is 0.848. The highest BCUT2D eigenvalue weighted by atomic mass is 16.6. The second-order valence-corrected chi connectivity index (χ2v) is 1.74. The molecule has 0 N–H and O–H groups in total. The molecule has 1 aliphatic heterocycles. The Kier molecular flexibility index (Phi) is 1.78. The molecule has 1 heterocycles. The molecular formula is C6H10O2. The van der Waals surface area contributed by atoms with Gasteiger partial charge in [-0.05, 0) is 6.42 Å². The van der Waals surface area contributed by atoms with Gasteiger partial charge in [0.25, 0.3) is 0 Å². The molecule has 0 unspecified atom stereocenters. The summed E-state index contributed by atoms with van der Waals surface area (Å²) in [7, 11) is 0. The summed E-state index contributed by atoms with van der Waals surface area (Å²) in [6, 6.07) is 0. The molecular weight excluding hydrogens is 104 g/mol. The summed E-state index contributed by atoms with van der Waals surface area (Å²) >= 11 is 0. The van der Waals surface area contributed by atoms with Crippen molar-refractivity contribution < 1.29 is 9.47 Å². The summed E-state index contributed by atoms with van der Waals surface area (Å²) in [5, 5.41) is 0. The average Bonchev–Trinajstić information content (AvgIpc) is 2.51. The highest BCUT2D eigenvalue weighted by Gasteiger charge is 2.11. The molecule has 1 rings (SSSR count). The van der Waals surface area contributed by atoms with Gasteiger partial charge in [0.05, 0.1) is 6.61 Å². The van der Waals surface area contributed by atoms with Crippen LogP contribution in [0.25, 0.3) is 0 Å². The van der Waals surface area contributed by atoms with Gasteiger partial charge in [0.1, 0.15) is 12.9 Å². The van der Waals surface area contributed by atoms with Crippen LogP contribution in [-0.2, 0) is 9.47 Å². The van der Waals surface area contributed by atoms with E-state index in [2.05, 4.69) is 6.92 Å². The van der Waals surface area contributed by atoms with Crippen molar-refractivity contribution in [3.63, 3.8) is 0 Å². The van der Waals surface area contributed by atoms with E-state index in [0.29, 0.717) is 0 Å². The summed E-state index contributed by atoms with van der Waals surface area (Å²) < 4.78 is 9.81. The first-order valence-electron chi connectivity index (χ1n) is 2.87. The SMILES string of the molecule is CCCOC=C1CO1. The summed E-state index contributed by atoms with van der Waals surface area (Å²) in [5.74, 6) is 0.971. The van der Waals surface area contributed by atoms with Crippen LogP contribution < -0.4 is 0 Å². The zero-order valence-corrected chi connectivity index (χ0v) is 5.02. The Morgan fingerprint density at radius 2 is 2.62 bits per heavy atom. The van der Waals surface area contributed by atoms with Crippen LogP contribution in [0, 0.1) is 0 Å². The van der Waals surface area contributed by atoms with Crippen molar-refractivity contribution in [1.29, 1.82) is 0 Å². The smallest absolute Gasteiger partial charge is 0.168 e. The third kappa shape index (κ3) is 1.87. The first kappa shape index (κ1) is 5.48. The van der Waals surface area contributed by atoms with E-state index < -0.39 is 0 Å². The minimum Gasteiger partial charge on any atom is -0.498 e. The van der Waals surface area contributed by atoms with Crippen molar-refractivity contribution in [2.45, 2.75) is 13.3 Å². The summed E-state index contributed by atoms with van der Waals surface area (Å²) in [5.41, 5.74) is 0. The fourth-order valence-corrected chi connectivity index (χ4v) is 0.379. The topological polar surface area (TPSA) is 21.8 Å². The Morgan fingerprint density at radius 1 is 1.88 bits per heavy atom. The van der Waals surface area contributed by atoms with E-state index >= 15 is 0 Å². The number of rotatable bonds is 3. The van der Waals surface area contributed by atoms with Crippen molar-refractivity contribution in [2.24, 2.45) is 0 Å². The second kappa shape index (κ2) is 2.60. The Bertz CT molecular complexity index is 90.7. The Hall–Kier alpha value is -0.660. The quantitative estimate of drug-likeness (QED) is 0.313. The van der Waals surface area contributed by atoms with E-state index in [1.54, 1.807) is 6.26 Å². The van der Waals surface area contributed by atoms with E-state index in [4.69, 9.17) is 9.47 Å². The molecule has 1 aliphatic rings. The van der Waals surface area contributed by atoms with Crippen LogP contribution >= 0.6 is 0 Å². The maximum absolute atomic E-state index is 5.02. The van der Waals surface area contributed by atoms with Crippen LogP contribution in [-0.4, -0.2) is 13.2 Å². The molecule has 0 amide bonds. The molecule has 2 heteroatoms. The molecule has 0 radical (unpaired) electrons. The lowest BCUT2D eigenvalue weighted by Gasteiger charge is -1.91. The van der Waals surface area contributed by atoms with E-state index in [9.17, 15) is 0 Å². The second-order valence-electron chi connectivity index (χ2n) is 1.74. The maximum Gasteiger partial charge on any atom is 0.168 e. The molecule has 0 aromatic carbocycles. The van der Waals surface area contributed by atoms with Gasteiger partial charge in [-0.25, -0.2) is 0 Å². The average molecular weight is 114 g/mol. The van der Waals surface area contributed by atoms with Gasteiger partial charge in [0.15, 0.2) is 5.76 Å². The zero-order chi connectivity index (χ0) is 5.82. The van der Waals surface area contributed by atoms with Crippen molar-refractivity contribution >= 4 is 0 Å². The van der Waals surface area contributed by atoms with Crippen LogP contribution in [0.5, 0.6) is 0 Å². The number of hydrogen-bond donors (Lipinski definition) is 0. The lowest BCUT2D eigenvalue weighted by atomic mass is 10.5. The van der Waals surface area contributed by atoms with Crippen molar-refractivity contribution in [3.8, 4) is 0 Å². The standard InChI is InChI=1S/C6H10O2/c1-2-3-7-4-6-5-8-6/h4H,2-3,5H2,1H3. The lowest BCUT2D eigenvalue weighted by Crippen LogP contribution is -1.81. The van der Waals surface area contributed by atoms with Gasteiger partial charge in [-0.1, -0.05) is 6.92 Å². The van der Waals surface area contributed by atoms with Gasteiger partial charge in [-0.3, -0.25) is 0 Å². The number of hydrogen-bond acceptors (Lipinski definition) is 2. The molecule has 2 nitrogen and oxygen atoms in total. The van der Waals surface area contributed by atoms with Crippen LogP contribution in [0.3, 0.4) is 0 Å². The third-order valence-electron chi connectivity index (χ3n) is 0.848. The molecule has 0 atom stereocenters. The molecule has 8 heavy (non-hydrogen) atoms. The lowest BCUT2D eigenvalue weighted by molar-refractivity contribution is 0.244. The van der Waals surface area contributed by atoms with Gasteiger partial charge < -0.3 is 9.47 Å². The fraction of sp³-hybridized carbons (Fsp3) is 0.667. The Labute approximate surface area is 49.1 Å². The van der Waals surface area contributed by atoms with Gasteiger partial charge in [-0.2, -0.15) is 0 Å². The van der Waals surface area contributed by atoms with Gasteiger partial charge in [0.2, 0.25) is 0 Å². The Balaban J connectivity index is 1.95. The zero-order valence-electron chi connectivity index (χ0n) is 5.02. The first-order valence-corrected chi connectivity index (χ1v) is 2.87. The van der Waals surface area contributed by atoms with E-state index in [0.717, 1.165) is 25.4 Å². The normalized spacial score (nSPS) is 20.4. The van der Waals surface area contributed by atoms with Gasteiger partial charge in [-0.15, -0.1) is 0 Å². The van der Waals surface area contributed by atoms with Crippen molar-refractivity contribution in [3.05, 3.63) is 12.0 Å². The Morgan fingerprint density at radius 3 is 3.12 bits per heavy atom.